The van der Waals surface area contributed by atoms with Gasteiger partial charge in [0.1, 0.15) is 0 Å². The Morgan fingerprint density at radius 2 is 1.94 bits per heavy atom. The third-order valence-corrected chi connectivity index (χ3v) is 3.31. The summed E-state index contributed by atoms with van der Waals surface area (Å²) in [7, 11) is 0. The van der Waals surface area contributed by atoms with Crippen molar-refractivity contribution >= 4 is 15.9 Å². The summed E-state index contributed by atoms with van der Waals surface area (Å²) < 4.78 is 0.948. The molecular formula is C13H14BrN3. The molecule has 0 aliphatic carbocycles. The molecule has 0 aliphatic heterocycles. The molecule has 1 aromatic heterocycles. The van der Waals surface area contributed by atoms with Gasteiger partial charge in [0.05, 0.1) is 11.7 Å². The van der Waals surface area contributed by atoms with Gasteiger partial charge in [-0.15, -0.1) is 0 Å². The molecule has 2 rings (SSSR count). The molecule has 1 aromatic carbocycles. The Kier molecular flexibility index (Phi) is 3.89. The molecule has 1 atom stereocenters. The predicted molar refractivity (Wildman–Crippen MR) is 72.3 cm³/mol. The molecule has 0 fully saturated rings. The minimum absolute atomic E-state index is 0.105. The molecule has 0 radical (unpaired) electrons. The van der Waals surface area contributed by atoms with E-state index in [4.69, 9.17) is 5.84 Å². The second-order valence-electron chi connectivity index (χ2n) is 3.88. The highest BCUT2D eigenvalue weighted by molar-refractivity contribution is 9.10. The van der Waals surface area contributed by atoms with Crippen molar-refractivity contribution in [2.24, 2.45) is 5.84 Å². The zero-order valence-electron chi connectivity index (χ0n) is 9.52. The number of pyridine rings is 1. The number of hydrogen-bond donors (Lipinski definition) is 2. The maximum atomic E-state index is 5.63. The van der Waals surface area contributed by atoms with Crippen molar-refractivity contribution < 1.29 is 0 Å². The lowest BCUT2D eigenvalue weighted by molar-refractivity contribution is 0.618. The molecule has 1 unspecified atom stereocenters. The van der Waals surface area contributed by atoms with Crippen molar-refractivity contribution in [3.63, 3.8) is 0 Å². The third-order valence-electron chi connectivity index (χ3n) is 2.64. The van der Waals surface area contributed by atoms with Crippen LogP contribution in [0.25, 0.3) is 0 Å². The van der Waals surface area contributed by atoms with Crippen molar-refractivity contribution in [3.8, 4) is 0 Å². The minimum atomic E-state index is -0.105. The van der Waals surface area contributed by atoms with E-state index in [-0.39, 0.29) is 6.04 Å². The monoisotopic (exact) mass is 291 g/mol. The number of rotatable bonds is 3. The van der Waals surface area contributed by atoms with Crippen molar-refractivity contribution in [1.82, 2.24) is 10.4 Å². The molecule has 1 heterocycles. The predicted octanol–water partition coefficient (Wildman–Crippen LogP) is 2.71. The Hall–Kier alpha value is -1.23. The first kappa shape index (κ1) is 12.2. The standard InChI is InChI=1S/C13H14BrN3/c1-9-4-6-10(7-5-9)12(17-15)13-11(14)3-2-8-16-13/h2-8,12,17H,15H2,1H3. The van der Waals surface area contributed by atoms with E-state index in [2.05, 4.69) is 57.5 Å². The fourth-order valence-electron chi connectivity index (χ4n) is 1.70. The van der Waals surface area contributed by atoms with Gasteiger partial charge in [-0.25, -0.2) is 5.43 Å². The molecule has 88 valence electrons. The highest BCUT2D eigenvalue weighted by atomic mass is 79.9. The van der Waals surface area contributed by atoms with E-state index in [9.17, 15) is 0 Å². The van der Waals surface area contributed by atoms with Crippen molar-refractivity contribution in [3.05, 3.63) is 63.9 Å². The summed E-state index contributed by atoms with van der Waals surface area (Å²) in [6.07, 6.45) is 1.76. The fourth-order valence-corrected chi connectivity index (χ4v) is 2.19. The van der Waals surface area contributed by atoms with E-state index < -0.39 is 0 Å². The highest BCUT2D eigenvalue weighted by Gasteiger charge is 2.16. The van der Waals surface area contributed by atoms with Crippen LogP contribution in [-0.4, -0.2) is 4.98 Å². The van der Waals surface area contributed by atoms with Gasteiger partial charge in [0.25, 0.3) is 0 Å². The van der Waals surface area contributed by atoms with Crippen LogP contribution in [0.5, 0.6) is 0 Å². The number of benzene rings is 1. The summed E-state index contributed by atoms with van der Waals surface area (Å²) in [4.78, 5) is 4.36. The number of hydrazine groups is 1. The van der Waals surface area contributed by atoms with Crippen molar-refractivity contribution in [1.29, 1.82) is 0 Å². The minimum Gasteiger partial charge on any atom is -0.271 e. The first-order valence-corrected chi connectivity index (χ1v) is 6.15. The van der Waals surface area contributed by atoms with E-state index in [1.165, 1.54) is 5.56 Å². The topological polar surface area (TPSA) is 50.9 Å². The van der Waals surface area contributed by atoms with Gasteiger partial charge in [0, 0.05) is 10.7 Å². The van der Waals surface area contributed by atoms with Crippen LogP contribution in [-0.2, 0) is 0 Å². The van der Waals surface area contributed by atoms with Gasteiger partial charge in [0.2, 0.25) is 0 Å². The molecule has 17 heavy (non-hydrogen) atoms. The number of aryl methyl sites for hydroxylation is 1. The number of halogens is 1. The maximum Gasteiger partial charge on any atom is 0.0892 e. The first-order valence-electron chi connectivity index (χ1n) is 5.35. The molecule has 0 aliphatic rings. The van der Waals surface area contributed by atoms with Gasteiger partial charge in [-0.2, -0.15) is 0 Å². The molecule has 0 saturated heterocycles. The zero-order valence-corrected chi connectivity index (χ0v) is 11.1. The normalized spacial score (nSPS) is 12.4. The van der Waals surface area contributed by atoms with Gasteiger partial charge in [-0.1, -0.05) is 29.8 Å². The molecular weight excluding hydrogens is 278 g/mol. The maximum absolute atomic E-state index is 5.63. The summed E-state index contributed by atoms with van der Waals surface area (Å²) in [5.41, 5.74) is 6.01. The van der Waals surface area contributed by atoms with Crippen LogP contribution in [0.4, 0.5) is 0 Å². The van der Waals surface area contributed by atoms with Gasteiger partial charge in [-0.05, 0) is 40.5 Å². The molecule has 4 heteroatoms. The molecule has 3 N–H and O–H groups in total. The number of nitrogens with one attached hydrogen (secondary N) is 1. The van der Waals surface area contributed by atoms with Crippen molar-refractivity contribution in [2.45, 2.75) is 13.0 Å². The SMILES string of the molecule is Cc1ccc(C(NN)c2ncccc2Br)cc1. The van der Waals surface area contributed by atoms with Crippen LogP contribution in [0.15, 0.2) is 47.1 Å². The van der Waals surface area contributed by atoms with Crippen molar-refractivity contribution in [2.75, 3.05) is 0 Å². The van der Waals surface area contributed by atoms with E-state index in [0.717, 1.165) is 15.7 Å². The quantitative estimate of drug-likeness (QED) is 0.675. The number of hydrogen-bond acceptors (Lipinski definition) is 3. The summed E-state index contributed by atoms with van der Waals surface area (Å²) in [5, 5.41) is 0. The molecule has 2 aromatic rings. The van der Waals surface area contributed by atoms with E-state index in [1.54, 1.807) is 6.20 Å². The molecule has 0 saturated carbocycles. The van der Waals surface area contributed by atoms with Crippen LogP contribution < -0.4 is 11.3 Å². The van der Waals surface area contributed by atoms with Gasteiger partial charge >= 0.3 is 0 Å². The largest absolute Gasteiger partial charge is 0.271 e. The molecule has 0 spiro atoms. The lowest BCUT2D eigenvalue weighted by Gasteiger charge is -2.17. The molecule has 0 bridgehead atoms. The van der Waals surface area contributed by atoms with Crippen LogP contribution in [0.3, 0.4) is 0 Å². The van der Waals surface area contributed by atoms with Crippen LogP contribution in [0.1, 0.15) is 22.9 Å². The first-order chi connectivity index (χ1) is 8.22. The van der Waals surface area contributed by atoms with E-state index >= 15 is 0 Å². The average Bonchev–Trinajstić information content (AvgIpc) is 2.35. The van der Waals surface area contributed by atoms with E-state index in [0.29, 0.717) is 0 Å². The average molecular weight is 292 g/mol. The lowest BCUT2D eigenvalue weighted by Crippen LogP contribution is -2.29. The Labute approximate surface area is 109 Å². The second-order valence-corrected chi connectivity index (χ2v) is 4.74. The highest BCUT2D eigenvalue weighted by Crippen LogP contribution is 2.25. The molecule has 3 nitrogen and oxygen atoms in total. The van der Waals surface area contributed by atoms with Crippen LogP contribution >= 0.6 is 15.9 Å². The van der Waals surface area contributed by atoms with Gasteiger partial charge in [0.15, 0.2) is 0 Å². The van der Waals surface area contributed by atoms with Gasteiger partial charge < -0.3 is 0 Å². The lowest BCUT2D eigenvalue weighted by atomic mass is 10.0. The molecule has 0 amide bonds. The summed E-state index contributed by atoms with van der Waals surface area (Å²) >= 11 is 3.49. The fraction of sp³-hybridized carbons (Fsp3) is 0.154. The van der Waals surface area contributed by atoms with Gasteiger partial charge in [-0.3, -0.25) is 10.8 Å². The zero-order chi connectivity index (χ0) is 12.3. The second kappa shape index (κ2) is 5.40. The van der Waals surface area contributed by atoms with Crippen LogP contribution in [0, 0.1) is 6.92 Å². The van der Waals surface area contributed by atoms with E-state index in [1.807, 2.05) is 12.1 Å². The number of nitrogens with two attached hydrogens (primary N) is 1. The Morgan fingerprint density at radius 3 is 2.53 bits per heavy atom. The smallest absolute Gasteiger partial charge is 0.0892 e. The number of nitrogens with zero attached hydrogens (tertiary/aromatic N) is 1. The Bertz CT molecular complexity index is 496. The number of aromatic nitrogens is 1. The summed E-state index contributed by atoms with van der Waals surface area (Å²) in [5.74, 6) is 5.63. The summed E-state index contributed by atoms with van der Waals surface area (Å²) in [6, 6.07) is 12.0. The Morgan fingerprint density at radius 1 is 1.24 bits per heavy atom. The Balaban J connectivity index is 2.40. The summed E-state index contributed by atoms with van der Waals surface area (Å²) in [6.45, 7) is 2.06. The third kappa shape index (κ3) is 2.72. The van der Waals surface area contributed by atoms with Crippen LogP contribution in [0.2, 0.25) is 0 Å².